The van der Waals surface area contributed by atoms with Gasteiger partial charge in [0, 0.05) is 5.02 Å². The molecule has 0 fully saturated rings. The van der Waals surface area contributed by atoms with Gasteiger partial charge in [-0.3, -0.25) is 0 Å². The molecule has 0 bridgehead atoms. The van der Waals surface area contributed by atoms with Crippen molar-refractivity contribution in [2.75, 3.05) is 0 Å². The summed E-state index contributed by atoms with van der Waals surface area (Å²) >= 11 is 6.08. The molecule has 0 heterocycles. The molecule has 2 aromatic rings. The van der Waals surface area contributed by atoms with Crippen molar-refractivity contribution in [1.82, 2.24) is 0 Å². The summed E-state index contributed by atoms with van der Waals surface area (Å²) in [6.07, 6.45) is 0. The molecule has 112 valence electrons. The standard InChI is InChI=1S/C18H21ClO2/c1-12-9-14(18(2,3)4)6-8-17(12)21-15-7-5-13(11-20)16(19)10-15/h5-10,20H,11H2,1-4H3. The van der Waals surface area contributed by atoms with E-state index < -0.39 is 0 Å². The summed E-state index contributed by atoms with van der Waals surface area (Å²) in [7, 11) is 0. The first-order valence-corrected chi connectivity index (χ1v) is 7.37. The van der Waals surface area contributed by atoms with Crippen LogP contribution in [0.1, 0.15) is 37.5 Å². The van der Waals surface area contributed by atoms with Crippen molar-refractivity contribution in [2.45, 2.75) is 39.7 Å². The zero-order valence-corrected chi connectivity index (χ0v) is 13.7. The quantitative estimate of drug-likeness (QED) is 0.841. The lowest BCUT2D eigenvalue weighted by molar-refractivity contribution is 0.282. The fourth-order valence-electron chi connectivity index (χ4n) is 2.08. The Kier molecular flexibility index (Phi) is 4.60. The lowest BCUT2D eigenvalue weighted by Gasteiger charge is -2.20. The molecule has 0 saturated carbocycles. The summed E-state index contributed by atoms with van der Waals surface area (Å²) in [6, 6.07) is 11.5. The second kappa shape index (κ2) is 6.08. The number of rotatable bonds is 3. The normalized spacial score (nSPS) is 11.5. The van der Waals surface area contributed by atoms with Gasteiger partial charge in [-0.25, -0.2) is 0 Å². The van der Waals surface area contributed by atoms with Crippen LogP contribution >= 0.6 is 11.6 Å². The zero-order valence-electron chi connectivity index (χ0n) is 12.9. The average Bonchev–Trinajstić information content (AvgIpc) is 2.40. The van der Waals surface area contributed by atoms with Gasteiger partial charge in [-0.15, -0.1) is 0 Å². The molecule has 3 heteroatoms. The molecule has 2 nitrogen and oxygen atoms in total. The number of hydrogen-bond acceptors (Lipinski definition) is 2. The molecule has 0 amide bonds. The molecular weight excluding hydrogens is 284 g/mol. The van der Waals surface area contributed by atoms with Crippen molar-refractivity contribution >= 4 is 11.6 Å². The van der Waals surface area contributed by atoms with E-state index in [4.69, 9.17) is 21.4 Å². The molecule has 0 saturated heterocycles. The number of benzene rings is 2. The largest absolute Gasteiger partial charge is 0.457 e. The second-order valence-corrected chi connectivity index (χ2v) is 6.65. The maximum atomic E-state index is 9.12. The Bertz CT molecular complexity index is 642. The van der Waals surface area contributed by atoms with Gasteiger partial charge in [-0.2, -0.15) is 0 Å². The van der Waals surface area contributed by atoms with Crippen molar-refractivity contribution in [3.63, 3.8) is 0 Å². The van der Waals surface area contributed by atoms with Crippen molar-refractivity contribution in [3.8, 4) is 11.5 Å². The highest BCUT2D eigenvalue weighted by molar-refractivity contribution is 6.31. The van der Waals surface area contributed by atoms with E-state index in [-0.39, 0.29) is 12.0 Å². The lowest BCUT2D eigenvalue weighted by atomic mass is 9.86. The first kappa shape index (κ1) is 15.9. The van der Waals surface area contributed by atoms with Gasteiger partial charge in [0.05, 0.1) is 6.61 Å². The molecule has 21 heavy (non-hydrogen) atoms. The molecule has 1 N–H and O–H groups in total. The summed E-state index contributed by atoms with van der Waals surface area (Å²) in [5, 5.41) is 9.64. The fourth-order valence-corrected chi connectivity index (χ4v) is 2.31. The maximum Gasteiger partial charge on any atom is 0.130 e. The first-order valence-electron chi connectivity index (χ1n) is 6.99. The van der Waals surface area contributed by atoms with Gasteiger partial charge in [0.15, 0.2) is 0 Å². The van der Waals surface area contributed by atoms with Gasteiger partial charge in [-0.05, 0) is 47.2 Å². The molecule has 0 unspecified atom stereocenters. The average molecular weight is 305 g/mol. The van der Waals surface area contributed by atoms with Crippen molar-refractivity contribution < 1.29 is 9.84 Å². The van der Waals surface area contributed by atoms with E-state index in [2.05, 4.69) is 32.9 Å². The number of hydrogen-bond donors (Lipinski definition) is 1. The Morgan fingerprint density at radius 2 is 1.81 bits per heavy atom. The van der Waals surface area contributed by atoms with Crippen LogP contribution < -0.4 is 4.74 Å². The van der Waals surface area contributed by atoms with Gasteiger partial charge in [0.2, 0.25) is 0 Å². The Balaban J connectivity index is 2.26. The minimum absolute atomic E-state index is 0.0710. The van der Waals surface area contributed by atoms with Gasteiger partial charge >= 0.3 is 0 Å². The predicted octanol–water partition coefficient (Wildman–Crippen LogP) is 5.23. The molecule has 0 aliphatic heterocycles. The third kappa shape index (κ3) is 3.78. The minimum atomic E-state index is -0.0710. The minimum Gasteiger partial charge on any atom is -0.457 e. The number of ether oxygens (including phenoxy) is 1. The second-order valence-electron chi connectivity index (χ2n) is 6.24. The zero-order chi connectivity index (χ0) is 15.6. The molecule has 0 aliphatic rings. The summed E-state index contributed by atoms with van der Waals surface area (Å²) in [5.41, 5.74) is 3.18. The Labute approximate surface area is 131 Å². The molecular formula is C18H21ClO2. The maximum absolute atomic E-state index is 9.12. The number of halogens is 1. The Morgan fingerprint density at radius 1 is 1.10 bits per heavy atom. The van der Waals surface area contributed by atoms with Crippen LogP contribution in [-0.2, 0) is 12.0 Å². The van der Waals surface area contributed by atoms with E-state index in [0.717, 1.165) is 11.3 Å². The van der Waals surface area contributed by atoms with Crippen LogP contribution in [0, 0.1) is 6.92 Å². The summed E-state index contributed by atoms with van der Waals surface area (Å²) in [4.78, 5) is 0. The molecule has 0 radical (unpaired) electrons. The van der Waals surface area contributed by atoms with Gasteiger partial charge < -0.3 is 9.84 Å². The van der Waals surface area contributed by atoms with Crippen LogP contribution in [0.15, 0.2) is 36.4 Å². The van der Waals surface area contributed by atoms with Crippen molar-refractivity contribution in [3.05, 3.63) is 58.1 Å². The summed E-state index contributed by atoms with van der Waals surface area (Å²) in [5.74, 6) is 1.49. The molecule has 0 atom stereocenters. The Hall–Kier alpha value is -1.51. The highest BCUT2D eigenvalue weighted by atomic mass is 35.5. The fraction of sp³-hybridized carbons (Fsp3) is 0.333. The highest BCUT2D eigenvalue weighted by Gasteiger charge is 2.15. The van der Waals surface area contributed by atoms with Crippen LogP contribution in [-0.4, -0.2) is 5.11 Å². The van der Waals surface area contributed by atoms with Crippen LogP contribution in [0.4, 0.5) is 0 Å². The smallest absolute Gasteiger partial charge is 0.130 e. The van der Waals surface area contributed by atoms with E-state index in [1.807, 2.05) is 19.1 Å². The lowest BCUT2D eigenvalue weighted by Crippen LogP contribution is -2.11. The third-order valence-electron chi connectivity index (χ3n) is 3.46. The van der Waals surface area contributed by atoms with Gasteiger partial charge in [0.1, 0.15) is 11.5 Å². The van der Waals surface area contributed by atoms with E-state index in [1.165, 1.54) is 5.56 Å². The van der Waals surface area contributed by atoms with Crippen molar-refractivity contribution in [2.24, 2.45) is 0 Å². The van der Waals surface area contributed by atoms with Gasteiger partial charge in [-0.1, -0.05) is 50.6 Å². The molecule has 2 rings (SSSR count). The van der Waals surface area contributed by atoms with E-state index in [0.29, 0.717) is 16.3 Å². The summed E-state index contributed by atoms with van der Waals surface area (Å²) in [6.45, 7) is 8.54. The van der Waals surface area contributed by atoms with Crippen molar-refractivity contribution in [1.29, 1.82) is 0 Å². The van der Waals surface area contributed by atoms with E-state index >= 15 is 0 Å². The number of aryl methyl sites for hydroxylation is 1. The molecule has 0 spiro atoms. The van der Waals surface area contributed by atoms with Crippen LogP contribution in [0.3, 0.4) is 0 Å². The first-order chi connectivity index (χ1) is 9.81. The summed E-state index contributed by atoms with van der Waals surface area (Å²) < 4.78 is 5.89. The Morgan fingerprint density at radius 3 is 2.33 bits per heavy atom. The molecule has 0 aromatic heterocycles. The third-order valence-corrected chi connectivity index (χ3v) is 3.82. The topological polar surface area (TPSA) is 29.5 Å². The SMILES string of the molecule is Cc1cc(C(C)(C)C)ccc1Oc1ccc(CO)c(Cl)c1. The molecule has 2 aromatic carbocycles. The van der Waals surface area contributed by atoms with Crippen LogP contribution in [0.5, 0.6) is 11.5 Å². The van der Waals surface area contributed by atoms with E-state index in [1.54, 1.807) is 12.1 Å². The number of aliphatic hydroxyl groups is 1. The predicted molar refractivity (Wildman–Crippen MR) is 87.3 cm³/mol. The monoisotopic (exact) mass is 304 g/mol. The van der Waals surface area contributed by atoms with Crippen LogP contribution in [0.25, 0.3) is 0 Å². The van der Waals surface area contributed by atoms with E-state index in [9.17, 15) is 0 Å². The number of aliphatic hydroxyl groups excluding tert-OH is 1. The van der Waals surface area contributed by atoms with Gasteiger partial charge in [0.25, 0.3) is 0 Å². The molecule has 0 aliphatic carbocycles. The highest BCUT2D eigenvalue weighted by Crippen LogP contribution is 2.31. The van der Waals surface area contributed by atoms with Crippen LogP contribution in [0.2, 0.25) is 5.02 Å².